The highest BCUT2D eigenvalue weighted by atomic mass is 16.2. The van der Waals surface area contributed by atoms with E-state index in [0.717, 1.165) is 21.9 Å². The summed E-state index contributed by atoms with van der Waals surface area (Å²) in [6.07, 6.45) is 1.45. The van der Waals surface area contributed by atoms with Gasteiger partial charge in [0.1, 0.15) is 12.0 Å². The predicted octanol–water partition coefficient (Wildman–Crippen LogP) is 5.18. The number of benzene rings is 4. The van der Waals surface area contributed by atoms with Crippen molar-refractivity contribution >= 4 is 34.0 Å². The standard InChI is InChI=1S/C29H26N6O/c30-26-27(33-34-29(36)25-17-9-15-23-14-7-8-16-24(23)25)31-20-32-28(26)35(18-21-10-3-1-4-11-21)19-22-12-5-2-6-13-22/h1-17,20H,18-19,30H2,(H,34,36)(H,31,32,33). The number of nitrogens with zero attached hydrogens (tertiary/aromatic N) is 3. The van der Waals surface area contributed by atoms with Crippen LogP contribution in [-0.4, -0.2) is 15.9 Å². The summed E-state index contributed by atoms with van der Waals surface area (Å²) in [7, 11) is 0. The minimum absolute atomic E-state index is 0.281. The zero-order valence-corrected chi connectivity index (χ0v) is 19.6. The molecule has 0 aliphatic heterocycles. The molecule has 0 bridgehead atoms. The van der Waals surface area contributed by atoms with Gasteiger partial charge < -0.3 is 10.6 Å². The van der Waals surface area contributed by atoms with E-state index < -0.39 is 0 Å². The van der Waals surface area contributed by atoms with Crippen molar-refractivity contribution in [2.24, 2.45) is 0 Å². The third-order valence-corrected chi connectivity index (χ3v) is 5.92. The number of rotatable bonds is 8. The number of hydrogen-bond donors (Lipinski definition) is 3. The Balaban J connectivity index is 1.39. The van der Waals surface area contributed by atoms with Gasteiger partial charge in [0.25, 0.3) is 5.91 Å². The minimum atomic E-state index is -0.281. The monoisotopic (exact) mass is 474 g/mol. The summed E-state index contributed by atoms with van der Waals surface area (Å²) >= 11 is 0. The fourth-order valence-corrected chi connectivity index (χ4v) is 4.16. The molecule has 5 aromatic rings. The Morgan fingerprint density at radius 1 is 0.750 bits per heavy atom. The van der Waals surface area contributed by atoms with E-state index in [0.29, 0.717) is 36.0 Å². The van der Waals surface area contributed by atoms with Crippen molar-refractivity contribution in [1.82, 2.24) is 15.4 Å². The lowest BCUT2D eigenvalue weighted by molar-refractivity contribution is 0.0964. The highest BCUT2D eigenvalue weighted by Crippen LogP contribution is 2.28. The summed E-state index contributed by atoms with van der Waals surface area (Å²) < 4.78 is 0. The van der Waals surface area contributed by atoms with Gasteiger partial charge in [-0.05, 0) is 28.0 Å². The van der Waals surface area contributed by atoms with E-state index in [1.54, 1.807) is 6.07 Å². The lowest BCUT2D eigenvalue weighted by atomic mass is 10.0. The molecule has 36 heavy (non-hydrogen) atoms. The molecule has 0 fully saturated rings. The van der Waals surface area contributed by atoms with E-state index in [1.807, 2.05) is 72.8 Å². The molecule has 0 atom stereocenters. The molecule has 0 spiro atoms. The Hall–Kier alpha value is -4.91. The lowest BCUT2D eigenvalue weighted by Crippen LogP contribution is -2.31. The van der Waals surface area contributed by atoms with E-state index >= 15 is 0 Å². The van der Waals surface area contributed by atoms with Gasteiger partial charge in [0.05, 0.1) is 0 Å². The molecule has 178 valence electrons. The zero-order chi connectivity index (χ0) is 24.7. The Kier molecular flexibility index (Phi) is 6.71. The summed E-state index contributed by atoms with van der Waals surface area (Å²) in [4.78, 5) is 23.8. The Bertz CT molecular complexity index is 1430. The minimum Gasteiger partial charge on any atom is -0.393 e. The number of anilines is 3. The molecule has 4 N–H and O–H groups in total. The van der Waals surface area contributed by atoms with Crippen molar-refractivity contribution in [1.29, 1.82) is 0 Å². The van der Waals surface area contributed by atoms with Gasteiger partial charge in [-0.15, -0.1) is 0 Å². The van der Waals surface area contributed by atoms with Crippen molar-refractivity contribution in [2.45, 2.75) is 13.1 Å². The molecular formula is C29H26N6O. The van der Waals surface area contributed by atoms with Crippen LogP contribution in [0.15, 0.2) is 109 Å². The molecule has 4 aromatic carbocycles. The number of hydrazine groups is 1. The fraction of sp³-hybridized carbons (Fsp3) is 0.0690. The summed E-state index contributed by atoms with van der Waals surface area (Å²) in [5.74, 6) is 0.635. The molecular weight excluding hydrogens is 448 g/mol. The quantitative estimate of drug-likeness (QED) is 0.268. The van der Waals surface area contributed by atoms with Gasteiger partial charge in [0, 0.05) is 18.7 Å². The second kappa shape index (κ2) is 10.6. The first-order valence-corrected chi connectivity index (χ1v) is 11.7. The summed E-state index contributed by atoms with van der Waals surface area (Å²) in [5.41, 5.74) is 15.3. The van der Waals surface area contributed by atoms with Gasteiger partial charge in [-0.1, -0.05) is 97.1 Å². The number of hydrogen-bond acceptors (Lipinski definition) is 6. The van der Waals surface area contributed by atoms with Crippen LogP contribution in [0.3, 0.4) is 0 Å². The third-order valence-electron chi connectivity index (χ3n) is 5.92. The second-order valence-corrected chi connectivity index (χ2v) is 8.39. The van der Waals surface area contributed by atoms with E-state index in [2.05, 4.69) is 50.0 Å². The molecule has 0 saturated heterocycles. The molecule has 0 aliphatic carbocycles. The van der Waals surface area contributed by atoms with Crippen molar-refractivity contribution in [2.75, 3.05) is 16.1 Å². The average Bonchev–Trinajstić information content (AvgIpc) is 2.93. The molecule has 5 rings (SSSR count). The lowest BCUT2D eigenvalue weighted by Gasteiger charge is -2.26. The molecule has 1 amide bonds. The highest BCUT2D eigenvalue weighted by molar-refractivity contribution is 6.07. The largest absolute Gasteiger partial charge is 0.393 e. The van der Waals surface area contributed by atoms with Crippen LogP contribution in [0.1, 0.15) is 21.5 Å². The van der Waals surface area contributed by atoms with Gasteiger partial charge in [-0.25, -0.2) is 9.97 Å². The number of carbonyl (C=O) groups excluding carboxylic acids is 1. The predicted molar refractivity (Wildman–Crippen MR) is 144 cm³/mol. The van der Waals surface area contributed by atoms with Crippen LogP contribution in [0.2, 0.25) is 0 Å². The third kappa shape index (κ3) is 5.10. The molecule has 7 nitrogen and oxygen atoms in total. The first kappa shape index (κ1) is 22.9. The maximum Gasteiger partial charge on any atom is 0.270 e. The fourth-order valence-electron chi connectivity index (χ4n) is 4.16. The number of nitrogens with one attached hydrogen (secondary N) is 2. The van der Waals surface area contributed by atoms with Crippen LogP contribution in [-0.2, 0) is 13.1 Å². The van der Waals surface area contributed by atoms with Crippen LogP contribution in [0.5, 0.6) is 0 Å². The van der Waals surface area contributed by atoms with E-state index in [4.69, 9.17) is 5.73 Å². The van der Waals surface area contributed by atoms with Gasteiger partial charge >= 0.3 is 0 Å². The maximum atomic E-state index is 13.0. The SMILES string of the molecule is Nc1c(NNC(=O)c2cccc3ccccc23)ncnc1N(Cc1ccccc1)Cc1ccccc1. The first-order chi connectivity index (χ1) is 17.7. The molecule has 0 radical (unpaired) electrons. The number of aromatic nitrogens is 2. The van der Waals surface area contributed by atoms with Crippen molar-refractivity contribution < 1.29 is 4.79 Å². The Labute approximate surface area is 209 Å². The van der Waals surface area contributed by atoms with E-state index in [1.165, 1.54) is 6.33 Å². The Morgan fingerprint density at radius 3 is 2.06 bits per heavy atom. The number of amides is 1. The molecule has 0 unspecified atom stereocenters. The number of nitrogen functional groups attached to an aromatic ring is 1. The molecule has 7 heteroatoms. The van der Waals surface area contributed by atoms with Crippen LogP contribution in [0.25, 0.3) is 10.8 Å². The summed E-state index contributed by atoms with van der Waals surface area (Å²) in [5, 5.41) is 1.86. The van der Waals surface area contributed by atoms with E-state index in [-0.39, 0.29) is 5.91 Å². The first-order valence-electron chi connectivity index (χ1n) is 11.7. The van der Waals surface area contributed by atoms with Gasteiger partial charge in [0.15, 0.2) is 11.6 Å². The topological polar surface area (TPSA) is 96.2 Å². The molecule has 0 saturated carbocycles. The van der Waals surface area contributed by atoms with Crippen LogP contribution >= 0.6 is 0 Å². The smallest absolute Gasteiger partial charge is 0.270 e. The zero-order valence-electron chi connectivity index (χ0n) is 19.6. The number of nitrogens with two attached hydrogens (primary N) is 1. The second-order valence-electron chi connectivity index (χ2n) is 8.39. The van der Waals surface area contributed by atoms with Crippen LogP contribution in [0.4, 0.5) is 17.3 Å². The average molecular weight is 475 g/mol. The van der Waals surface area contributed by atoms with E-state index in [9.17, 15) is 4.79 Å². The van der Waals surface area contributed by atoms with Crippen molar-refractivity contribution in [3.05, 3.63) is 126 Å². The van der Waals surface area contributed by atoms with Gasteiger partial charge in [0.2, 0.25) is 0 Å². The van der Waals surface area contributed by atoms with Gasteiger partial charge in [-0.2, -0.15) is 0 Å². The van der Waals surface area contributed by atoms with Crippen molar-refractivity contribution in [3.8, 4) is 0 Å². The maximum absolute atomic E-state index is 13.0. The summed E-state index contributed by atoms with van der Waals surface area (Å²) in [6.45, 7) is 1.22. The van der Waals surface area contributed by atoms with Crippen LogP contribution < -0.4 is 21.5 Å². The molecule has 1 aromatic heterocycles. The molecule has 1 heterocycles. The van der Waals surface area contributed by atoms with Crippen LogP contribution in [0, 0.1) is 0 Å². The van der Waals surface area contributed by atoms with Gasteiger partial charge in [-0.3, -0.25) is 15.6 Å². The summed E-state index contributed by atoms with van der Waals surface area (Å²) in [6, 6.07) is 33.7. The normalized spacial score (nSPS) is 10.7. The highest BCUT2D eigenvalue weighted by Gasteiger charge is 2.17. The van der Waals surface area contributed by atoms with Crippen molar-refractivity contribution in [3.63, 3.8) is 0 Å². The number of carbonyl (C=O) groups is 1. The molecule has 0 aliphatic rings. The number of fused-ring (bicyclic) bond motifs is 1. The Morgan fingerprint density at radius 2 is 1.36 bits per heavy atom.